The number of hydrogen-bond donors (Lipinski definition) is 5. The SMILES string of the molecule is CC[C@H]1C=CC=CC[C@@H](C)[C@H](O)[C@@](C)(O)C(=O)[C@@H](C)[C@H](O)[C@@H](C)C(=O)[C@@H](C)[C@H](O)[C@@H](C)C=CC(=O)O[C@H]2C[C@@]3(CC[C@H](C)[C@H](C[C@@H](C)O)O3)O[C@@H](CC1)[C@H]2C. The summed E-state index contributed by atoms with van der Waals surface area (Å²) < 4.78 is 19.7. The molecule has 0 amide bonds. The maximum Gasteiger partial charge on any atom is 0.330 e. The van der Waals surface area contributed by atoms with Crippen LogP contribution < -0.4 is 0 Å². The second-order valence-electron chi connectivity index (χ2n) is 17.6. The molecule has 17 atom stereocenters. The lowest BCUT2D eigenvalue weighted by Gasteiger charge is -2.52. The molecule has 3 rings (SSSR count). The van der Waals surface area contributed by atoms with Crippen LogP contribution in [-0.4, -0.2) is 97.2 Å². The Morgan fingerprint density at radius 2 is 1.49 bits per heavy atom. The van der Waals surface area contributed by atoms with Crippen LogP contribution in [0.25, 0.3) is 0 Å². The van der Waals surface area contributed by atoms with E-state index in [-0.39, 0.29) is 30.0 Å². The summed E-state index contributed by atoms with van der Waals surface area (Å²) in [7, 11) is 0. The van der Waals surface area contributed by atoms with Gasteiger partial charge in [0.2, 0.25) is 0 Å². The number of carbonyl (C=O) groups excluding carboxylic acids is 3. The smallest absolute Gasteiger partial charge is 0.330 e. The molecule has 0 unspecified atom stereocenters. The van der Waals surface area contributed by atoms with Gasteiger partial charge in [0.25, 0.3) is 0 Å². The highest BCUT2D eigenvalue weighted by molar-refractivity contribution is 5.91. The summed E-state index contributed by atoms with van der Waals surface area (Å²) in [6.07, 6.45) is 10.1. The summed E-state index contributed by atoms with van der Waals surface area (Å²) in [5, 5.41) is 54.9. The number of ether oxygens (including phenoxy) is 3. The van der Waals surface area contributed by atoms with E-state index in [0.29, 0.717) is 32.1 Å². The van der Waals surface area contributed by atoms with Crippen LogP contribution in [0.2, 0.25) is 0 Å². The van der Waals surface area contributed by atoms with E-state index in [4.69, 9.17) is 14.2 Å². The number of hydrogen-bond acceptors (Lipinski definition) is 11. The van der Waals surface area contributed by atoms with Crippen molar-refractivity contribution in [2.45, 2.75) is 175 Å². The predicted octanol–water partition coefficient (Wildman–Crippen LogP) is 5.64. The Hall–Kier alpha value is -2.25. The topological polar surface area (TPSA) is 180 Å². The van der Waals surface area contributed by atoms with Crippen molar-refractivity contribution < 1.29 is 54.1 Å². The van der Waals surface area contributed by atoms with Crippen molar-refractivity contribution in [1.29, 1.82) is 0 Å². The van der Waals surface area contributed by atoms with Crippen LogP contribution >= 0.6 is 0 Å². The van der Waals surface area contributed by atoms with Gasteiger partial charge in [0.1, 0.15) is 17.5 Å². The first kappa shape index (κ1) is 47.1. The molecular weight excluding hydrogens is 704 g/mol. The third-order valence-corrected chi connectivity index (χ3v) is 12.9. The maximum absolute atomic E-state index is 13.5. The van der Waals surface area contributed by atoms with Gasteiger partial charge in [-0.1, -0.05) is 85.8 Å². The maximum atomic E-state index is 13.5. The molecule has 55 heavy (non-hydrogen) atoms. The van der Waals surface area contributed by atoms with Crippen LogP contribution in [0.15, 0.2) is 36.5 Å². The van der Waals surface area contributed by atoms with Gasteiger partial charge in [-0.05, 0) is 70.1 Å². The molecular formula is C44H72O11. The quantitative estimate of drug-likeness (QED) is 0.224. The van der Waals surface area contributed by atoms with Crippen molar-refractivity contribution in [3.63, 3.8) is 0 Å². The number of rotatable bonds is 3. The van der Waals surface area contributed by atoms with Crippen molar-refractivity contribution >= 4 is 17.5 Å². The van der Waals surface area contributed by atoms with E-state index in [2.05, 4.69) is 19.9 Å². The summed E-state index contributed by atoms with van der Waals surface area (Å²) in [5.41, 5.74) is -2.18. The molecule has 0 radical (unpaired) electrons. The summed E-state index contributed by atoms with van der Waals surface area (Å²) >= 11 is 0. The monoisotopic (exact) mass is 777 g/mol. The van der Waals surface area contributed by atoms with E-state index >= 15 is 0 Å². The number of Topliss-reactive ketones (excluding diaryl/α,β-unsaturated/α-hetero) is 2. The standard InChI is InChI=1S/C44H72O11/c1-11-33-16-14-12-13-15-27(4)41(50)43(10,52)42(51)32(9)40(49)31(8)39(48)30(7)38(47)26(3)17-20-37(46)53-36-24-44(54-34(19-18-33)29(36)6)22-21-25(2)35(55-44)23-28(5)45/h12-14,16-17,20,25-36,38,40-41,45,47,49-50,52H,11,15,18-19,21-24H2,1-10H3/t25-,26-,27+,28+,29+,30-,31-,32-,33-,34-,35-,36-,38+,40+,41-,43+,44-/m0/s1. The minimum absolute atomic E-state index is 0.144. The molecule has 11 heteroatoms. The van der Waals surface area contributed by atoms with E-state index in [1.807, 2.05) is 25.2 Å². The molecule has 0 aromatic heterocycles. The molecule has 3 aliphatic rings. The third-order valence-electron chi connectivity index (χ3n) is 12.9. The predicted molar refractivity (Wildman–Crippen MR) is 210 cm³/mol. The van der Waals surface area contributed by atoms with Gasteiger partial charge in [-0.15, -0.1) is 0 Å². The van der Waals surface area contributed by atoms with Gasteiger partial charge in [0, 0.05) is 48.5 Å². The summed E-state index contributed by atoms with van der Waals surface area (Å²) in [4.78, 5) is 40.3. The molecule has 2 bridgehead atoms. The van der Waals surface area contributed by atoms with Gasteiger partial charge in [-0.25, -0.2) is 4.79 Å². The van der Waals surface area contributed by atoms with E-state index in [1.165, 1.54) is 39.8 Å². The normalized spacial score (nSPS) is 44.3. The number of aliphatic hydroxyl groups excluding tert-OH is 4. The van der Waals surface area contributed by atoms with Crippen LogP contribution in [0.4, 0.5) is 0 Å². The molecule has 0 aromatic rings. The minimum atomic E-state index is -2.18. The second kappa shape index (κ2) is 20.4. The van der Waals surface area contributed by atoms with Crippen LogP contribution in [0.5, 0.6) is 0 Å². The molecule has 11 nitrogen and oxygen atoms in total. The lowest BCUT2D eigenvalue weighted by atomic mass is 9.75. The average molecular weight is 777 g/mol. The number of aliphatic hydroxyl groups is 5. The van der Waals surface area contributed by atoms with Gasteiger partial charge >= 0.3 is 5.97 Å². The fourth-order valence-electron chi connectivity index (χ4n) is 8.60. The minimum Gasteiger partial charge on any atom is -0.459 e. The lowest BCUT2D eigenvalue weighted by Crippen LogP contribution is -2.57. The van der Waals surface area contributed by atoms with Crippen molar-refractivity contribution in [2.24, 2.45) is 47.3 Å². The van der Waals surface area contributed by atoms with Gasteiger partial charge in [0.05, 0.1) is 36.6 Å². The number of fused-ring (bicyclic) bond motifs is 2. The lowest BCUT2D eigenvalue weighted by molar-refractivity contribution is -0.347. The zero-order valence-corrected chi connectivity index (χ0v) is 35.0. The molecule has 1 spiro atoms. The molecule has 3 heterocycles. The number of esters is 1. The van der Waals surface area contributed by atoms with Gasteiger partial charge in [-0.3, -0.25) is 9.59 Å². The number of ketones is 2. The van der Waals surface area contributed by atoms with Crippen LogP contribution in [0.1, 0.15) is 121 Å². The Kier molecular flexibility index (Phi) is 17.5. The van der Waals surface area contributed by atoms with Crippen molar-refractivity contribution in [1.82, 2.24) is 0 Å². The Morgan fingerprint density at radius 3 is 2.13 bits per heavy atom. The highest BCUT2D eigenvalue weighted by atomic mass is 16.7. The molecule has 0 aromatic carbocycles. The molecule has 314 valence electrons. The first-order valence-electron chi connectivity index (χ1n) is 20.8. The van der Waals surface area contributed by atoms with Gasteiger partial charge in [0.15, 0.2) is 11.6 Å². The van der Waals surface area contributed by atoms with E-state index in [9.17, 15) is 39.9 Å². The number of carbonyl (C=O) groups is 3. The Labute approximate surface area is 329 Å². The molecule has 0 saturated carbocycles. The zero-order chi connectivity index (χ0) is 41.4. The van der Waals surface area contributed by atoms with Gasteiger partial charge < -0.3 is 39.7 Å². The first-order chi connectivity index (χ1) is 25.6. The van der Waals surface area contributed by atoms with Gasteiger partial charge in [-0.2, -0.15) is 0 Å². The van der Waals surface area contributed by atoms with Crippen LogP contribution in [0, 0.1) is 47.3 Å². The molecule has 2 fully saturated rings. The first-order valence-corrected chi connectivity index (χ1v) is 20.8. The molecule has 0 aliphatic carbocycles. The highest BCUT2D eigenvalue weighted by Gasteiger charge is 2.51. The summed E-state index contributed by atoms with van der Waals surface area (Å²) in [5.74, 6) is -6.86. The second-order valence-corrected chi connectivity index (χ2v) is 17.6. The molecule has 2 saturated heterocycles. The zero-order valence-electron chi connectivity index (χ0n) is 35.0. The largest absolute Gasteiger partial charge is 0.459 e. The fraction of sp³-hybridized carbons (Fsp3) is 0.795. The van der Waals surface area contributed by atoms with Crippen molar-refractivity contribution in [3.05, 3.63) is 36.5 Å². The summed E-state index contributed by atoms with van der Waals surface area (Å²) in [6.45, 7) is 17.1. The third kappa shape index (κ3) is 12.1. The summed E-state index contributed by atoms with van der Waals surface area (Å²) in [6, 6.07) is 0. The van der Waals surface area contributed by atoms with Crippen LogP contribution in [-0.2, 0) is 28.6 Å². The van der Waals surface area contributed by atoms with E-state index in [0.717, 1.165) is 19.3 Å². The Balaban J connectivity index is 1.95. The molecule has 3 aliphatic heterocycles. The van der Waals surface area contributed by atoms with Crippen molar-refractivity contribution in [2.75, 3.05) is 0 Å². The fourth-order valence-corrected chi connectivity index (χ4v) is 8.60. The van der Waals surface area contributed by atoms with Crippen molar-refractivity contribution in [3.8, 4) is 0 Å². The number of allylic oxidation sites excluding steroid dienone is 4. The highest BCUT2D eigenvalue weighted by Crippen LogP contribution is 2.46. The Bertz CT molecular complexity index is 1350. The van der Waals surface area contributed by atoms with E-state index < -0.39 is 89.0 Å². The van der Waals surface area contributed by atoms with E-state index in [1.54, 1.807) is 20.8 Å². The van der Waals surface area contributed by atoms with Crippen LogP contribution in [0.3, 0.4) is 0 Å². The average Bonchev–Trinajstić information content (AvgIpc) is 3.14. The molecule has 5 N–H and O–H groups in total. The Morgan fingerprint density at radius 1 is 0.836 bits per heavy atom.